The lowest BCUT2D eigenvalue weighted by Crippen LogP contribution is -2.26. The van der Waals surface area contributed by atoms with E-state index in [1.807, 2.05) is 12.1 Å². The van der Waals surface area contributed by atoms with Crippen LogP contribution in [0.15, 0.2) is 69.6 Å². The zero-order chi connectivity index (χ0) is 22.4. The largest absolute Gasteiger partial charge is 0.352 e. The lowest BCUT2D eigenvalue weighted by atomic mass is 10.0. The van der Waals surface area contributed by atoms with Crippen molar-refractivity contribution < 1.29 is 4.39 Å². The summed E-state index contributed by atoms with van der Waals surface area (Å²) in [5.74, 6) is 0.253. The smallest absolute Gasteiger partial charge is 0.271 e. The van der Waals surface area contributed by atoms with Crippen molar-refractivity contribution in [2.24, 2.45) is 0 Å². The second-order valence-corrected chi connectivity index (χ2v) is 9.01. The maximum absolute atomic E-state index is 14.2. The van der Waals surface area contributed by atoms with Crippen molar-refractivity contribution >= 4 is 27.3 Å². The summed E-state index contributed by atoms with van der Waals surface area (Å²) in [6, 6.07) is 16.1. The van der Waals surface area contributed by atoms with E-state index in [1.165, 1.54) is 36.6 Å². The average molecular weight is 449 g/mol. The molecule has 32 heavy (non-hydrogen) atoms. The highest BCUT2D eigenvalue weighted by Crippen LogP contribution is 2.19. The molecule has 0 unspecified atom stereocenters. The van der Waals surface area contributed by atoms with Crippen molar-refractivity contribution in [3.05, 3.63) is 103 Å². The Labute approximate surface area is 186 Å². The quantitative estimate of drug-likeness (QED) is 0.404. The molecule has 0 saturated heterocycles. The normalized spacial score (nSPS) is 11.8. The lowest BCUT2D eigenvalue weighted by Gasteiger charge is -2.10. The Morgan fingerprint density at radius 2 is 1.75 bits per heavy atom. The third-order valence-corrected chi connectivity index (χ3v) is 6.55. The predicted molar refractivity (Wildman–Crippen MR) is 124 cm³/mol. The Morgan fingerprint density at radius 1 is 1.00 bits per heavy atom. The molecule has 6 nitrogen and oxygen atoms in total. The summed E-state index contributed by atoms with van der Waals surface area (Å²) in [7, 11) is 0. The van der Waals surface area contributed by atoms with Crippen LogP contribution in [-0.4, -0.2) is 18.7 Å². The van der Waals surface area contributed by atoms with Gasteiger partial charge >= 0.3 is 5.69 Å². The van der Waals surface area contributed by atoms with Crippen LogP contribution in [0, 0.1) is 5.82 Å². The van der Waals surface area contributed by atoms with Crippen LogP contribution in [0.2, 0.25) is 0 Å². The van der Waals surface area contributed by atoms with Crippen LogP contribution < -0.4 is 11.2 Å². The molecule has 162 valence electrons. The van der Waals surface area contributed by atoms with Crippen LogP contribution in [0.1, 0.15) is 36.5 Å². The first-order valence-electron chi connectivity index (χ1n) is 10.4. The summed E-state index contributed by atoms with van der Waals surface area (Å²) in [5.41, 5.74) is 2.42. The molecule has 0 saturated carbocycles. The molecular weight excluding hydrogens is 427 g/mol. The van der Waals surface area contributed by atoms with Crippen LogP contribution in [0.3, 0.4) is 0 Å². The molecule has 0 radical (unpaired) electrons. The molecule has 3 aromatic heterocycles. The lowest BCUT2D eigenvalue weighted by molar-refractivity contribution is 0.577. The van der Waals surface area contributed by atoms with E-state index in [-0.39, 0.29) is 24.4 Å². The third-order valence-electron chi connectivity index (χ3n) is 5.65. The number of thiophene rings is 1. The molecule has 0 bridgehead atoms. The van der Waals surface area contributed by atoms with Gasteiger partial charge in [-0.25, -0.2) is 18.3 Å². The molecule has 0 aliphatic heterocycles. The Bertz CT molecular complexity index is 1560. The van der Waals surface area contributed by atoms with Crippen molar-refractivity contribution in [2.45, 2.75) is 32.9 Å². The summed E-state index contributed by atoms with van der Waals surface area (Å²) in [6.45, 7) is 4.52. The van der Waals surface area contributed by atoms with Gasteiger partial charge in [-0.05, 0) is 34.6 Å². The fourth-order valence-electron chi connectivity index (χ4n) is 3.86. The summed E-state index contributed by atoms with van der Waals surface area (Å²) < 4.78 is 18.8. The van der Waals surface area contributed by atoms with Gasteiger partial charge in [-0.3, -0.25) is 9.36 Å². The van der Waals surface area contributed by atoms with Gasteiger partial charge in [-0.15, -0.1) is 16.4 Å². The van der Waals surface area contributed by atoms with Crippen molar-refractivity contribution in [1.82, 2.24) is 18.7 Å². The first-order valence-corrected chi connectivity index (χ1v) is 11.2. The number of hydrogen-bond donors (Lipinski definition) is 0. The van der Waals surface area contributed by atoms with Gasteiger partial charge in [-0.2, -0.15) is 0 Å². The van der Waals surface area contributed by atoms with E-state index in [9.17, 15) is 14.0 Å². The molecule has 0 atom stereocenters. The molecule has 0 fully saturated rings. The molecule has 0 aliphatic carbocycles. The second kappa shape index (κ2) is 7.87. The van der Waals surface area contributed by atoms with Crippen LogP contribution in [0.25, 0.3) is 16.0 Å². The number of fused-ring (bicyclic) bond motifs is 3. The number of nitrogens with zero attached hydrogens (tertiary/aromatic N) is 4. The second-order valence-electron chi connectivity index (χ2n) is 8.09. The average Bonchev–Trinajstić information content (AvgIpc) is 3.38. The molecule has 0 amide bonds. The number of rotatable bonds is 5. The van der Waals surface area contributed by atoms with Gasteiger partial charge < -0.3 is 0 Å². The van der Waals surface area contributed by atoms with Gasteiger partial charge in [0.25, 0.3) is 5.56 Å². The number of aromatic nitrogens is 4. The van der Waals surface area contributed by atoms with E-state index < -0.39 is 11.5 Å². The van der Waals surface area contributed by atoms with Crippen LogP contribution in [0.4, 0.5) is 4.39 Å². The SMILES string of the molecule is CC(C)c1ccc(Cn2c(=O)c3sccc3n3c(=O)n(Cc4ccccc4F)nc23)cc1. The summed E-state index contributed by atoms with van der Waals surface area (Å²) in [4.78, 5) is 26.5. The number of halogens is 1. The number of benzene rings is 2. The fraction of sp³-hybridized carbons (Fsp3) is 0.208. The highest BCUT2D eigenvalue weighted by Gasteiger charge is 2.19. The highest BCUT2D eigenvalue weighted by molar-refractivity contribution is 7.17. The standard InChI is InChI=1S/C24H21FN4O2S/c1-15(2)17-9-7-16(8-10-17)13-27-22(30)21-20(11-12-32-21)29-23(27)26-28(24(29)31)14-18-5-3-4-6-19(18)25/h3-12,15H,13-14H2,1-2H3. The zero-order valence-electron chi connectivity index (χ0n) is 17.7. The summed E-state index contributed by atoms with van der Waals surface area (Å²) in [6.07, 6.45) is 0. The van der Waals surface area contributed by atoms with Gasteiger partial charge in [0.05, 0.1) is 18.6 Å². The number of hydrogen-bond acceptors (Lipinski definition) is 4. The molecule has 0 aliphatic rings. The Kier molecular flexibility index (Phi) is 5.01. The monoisotopic (exact) mass is 448 g/mol. The van der Waals surface area contributed by atoms with E-state index >= 15 is 0 Å². The minimum atomic E-state index is -0.407. The first-order chi connectivity index (χ1) is 15.4. The van der Waals surface area contributed by atoms with E-state index in [0.29, 0.717) is 21.7 Å². The molecule has 2 aromatic carbocycles. The Morgan fingerprint density at radius 3 is 2.47 bits per heavy atom. The Balaban J connectivity index is 1.68. The Hall–Kier alpha value is -3.52. The molecule has 5 rings (SSSR count). The summed E-state index contributed by atoms with van der Waals surface area (Å²) >= 11 is 1.29. The van der Waals surface area contributed by atoms with Crippen molar-refractivity contribution in [3.8, 4) is 0 Å². The molecule has 3 heterocycles. The van der Waals surface area contributed by atoms with Crippen LogP contribution >= 0.6 is 11.3 Å². The van der Waals surface area contributed by atoms with Gasteiger partial charge in [0, 0.05) is 5.56 Å². The van der Waals surface area contributed by atoms with Gasteiger partial charge in [0.2, 0.25) is 5.78 Å². The zero-order valence-corrected chi connectivity index (χ0v) is 18.5. The van der Waals surface area contributed by atoms with Gasteiger partial charge in [0.15, 0.2) is 0 Å². The minimum Gasteiger partial charge on any atom is -0.271 e. The van der Waals surface area contributed by atoms with Crippen molar-refractivity contribution in [3.63, 3.8) is 0 Å². The van der Waals surface area contributed by atoms with E-state index in [2.05, 4.69) is 31.1 Å². The van der Waals surface area contributed by atoms with Gasteiger partial charge in [0.1, 0.15) is 10.5 Å². The maximum Gasteiger partial charge on any atom is 0.352 e. The minimum absolute atomic E-state index is 0.0178. The maximum atomic E-state index is 14.2. The molecule has 0 N–H and O–H groups in total. The fourth-order valence-corrected chi connectivity index (χ4v) is 4.68. The first kappa shape index (κ1) is 20.4. The topological polar surface area (TPSA) is 61.3 Å². The van der Waals surface area contributed by atoms with Crippen LogP contribution in [0.5, 0.6) is 0 Å². The third kappa shape index (κ3) is 3.36. The van der Waals surface area contributed by atoms with Gasteiger partial charge in [-0.1, -0.05) is 56.3 Å². The highest BCUT2D eigenvalue weighted by atomic mass is 32.1. The molecule has 8 heteroatoms. The van der Waals surface area contributed by atoms with Crippen molar-refractivity contribution in [1.29, 1.82) is 0 Å². The molecule has 0 spiro atoms. The van der Waals surface area contributed by atoms with Crippen molar-refractivity contribution in [2.75, 3.05) is 0 Å². The summed E-state index contributed by atoms with van der Waals surface area (Å²) in [5, 5.41) is 6.23. The molecule has 5 aromatic rings. The van der Waals surface area contributed by atoms with E-state index in [4.69, 9.17) is 0 Å². The van der Waals surface area contributed by atoms with E-state index in [1.54, 1.807) is 29.6 Å². The van der Waals surface area contributed by atoms with E-state index in [0.717, 1.165) is 5.56 Å². The predicted octanol–water partition coefficient (Wildman–Crippen LogP) is 4.23. The van der Waals surface area contributed by atoms with Crippen LogP contribution in [-0.2, 0) is 13.1 Å². The molecular formula is C24H21FN4O2S.